The molecule has 1 rings (SSSR count). The summed E-state index contributed by atoms with van der Waals surface area (Å²) in [7, 11) is 0. The normalized spacial score (nSPS) is 19.3. The average molecular weight is 159 g/mol. The molecule has 0 saturated heterocycles. The lowest BCUT2D eigenvalue weighted by Crippen LogP contribution is -1.75. The van der Waals surface area contributed by atoms with Gasteiger partial charge in [-0.25, -0.2) is 0 Å². The summed E-state index contributed by atoms with van der Waals surface area (Å²) in [5.74, 6) is 0. The first-order chi connectivity index (χ1) is 3.39. The molecule has 0 aromatic carbocycles. The Balaban J connectivity index is 2.57. The molecule has 7 heavy (non-hydrogen) atoms. The van der Waals surface area contributed by atoms with E-state index in [-0.39, 0.29) is 0 Å². The van der Waals surface area contributed by atoms with Crippen LogP contribution < -0.4 is 0 Å². The Morgan fingerprint density at radius 3 is 2.71 bits per heavy atom. The van der Waals surface area contributed by atoms with Crippen molar-refractivity contribution in [3.8, 4) is 0 Å². The second kappa shape index (κ2) is 2.31. The van der Waals surface area contributed by atoms with Gasteiger partial charge in [-0.1, -0.05) is 34.2 Å². The molecule has 0 unspecified atom stereocenters. The van der Waals surface area contributed by atoms with Gasteiger partial charge < -0.3 is 0 Å². The van der Waals surface area contributed by atoms with Crippen molar-refractivity contribution < 1.29 is 0 Å². The van der Waals surface area contributed by atoms with Crippen molar-refractivity contribution in [1.29, 1.82) is 0 Å². The van der Waals surface area contributed by atoms with Crippen molar-refractivity contribution >= 4 is 15.9 Å². The zero-order valence-corrected chi connectivity index (χ0v) is 5.61. The van der Waals surface area contributed by atoms with Crippen LogP contribution in [0.1, 0.15) is 12.8 Å². The van der Waals surface area contributed by atoms with Crippen molar-refractivity contribution in [2.45, 2.75) is 12.8 Å². The Bertz CT molecular complexity index is 111. The zero-order chi connectivity index (χ0) is 5.11. The molecule has 0 nitrogen and oxygen atoms in total. The van der Waals surface area contributed by atoms with Crippen LogP contribution in [0.3, 0.4) is 0 Å². The van der Waals surface area contributed by atoms with Crippen molar-refractivity contribution in [3.05, 3.63) is 22.7 Å². The van der Waals surface area contributed by atoms with Gasteiger partial charge in [-0.2, -0.15) is 0 Å². The molecule has 0 heterocycles. The second-order valence-corrected chi connectivity index (χ2v) is 2.60. The first kappa shape index (κ1) is 5.10. The largest absolute Gasteiger partial charge is 0.0842 e. The number of hydrogen-bond acceptors (Lipinski definition) is 0. The monoisotopic (exact) mass is 158 g/mol. The van der Waals surface area contributed by atoms with Gasteiger partial charge in [0.1, 0.15) is 0 Å². The maximum absolute atomic E-state index is 3.40. The maximum atomic E-state index is 3.40. The highest BCUT2D eigenvalue weighted by Gasteiger charge is 1.90. The third-order valence-electron chi connectivity index (χ3n) is 0.963. The van der Waals surface area contributed by atoms with E-state index in [4.69, 9.17) is 0 Å². The lowest BCUT2D eigenvalue weighted by atomic mass is 10.2. The van der Waals surface area contributed by atoms with Crippen LogP contribution in [0.2, 0.25) is 0 Å². The van der Waals surface area contributed by atoms with Crippen molar-refractivity contribution in [1.82, 2.24) is 0 Å². The predicted molar refractivity (Wildman–Crippen MR) is 35.4 cm³/mol. The Morgan fingerprint density at radius 1 is 1.57 bits per heavy atom. The van der Waals surface area contributed by atoms with E-state index in [2.05, 4.69) is 34.2 Å². The third kappa shape index (κ3) is 1.48. The van der Waals surface area contributed by atoms with E-state index < -0.39 is 0 Å². The van der Waals surface area contributed by atoms with E-state index in [1.165, 1.54) is 17.3 Å². The molecule has 0 fully saturated rings. The van der Waals surface area contributed by atoms with Crippen LogP contribution in [0.5, 0.6) is 0 Å². The summed E-state index contributed by atoms with van der Waals surface area (Å²) in [6.07, 6.45) is 8.70. The van der Waals surface area contributed by atoms with E-state index in [1.807, 2.05) is 0 Å². The standard InChI is InChI=1S/C6H7Br/c7-6-4-2-1-3-5-6/h1-2,4H,3,5H2. The minimum atomic E-state index is 1.18. The molecule has 0 radical (unpaired) electrons. The summed E-state index contributed by atoms with van der Waals surface area (Å²) in [6.45, 7) is 0. The number of allylic oxidation sites excluding steroid dienone is 4. The van der Waals surface area contributed by atoms with Crippen LogP contribution in [0.15, 0.2) is 22.7 Å². The average Bonchev–Trinajstić information content (AvgIpc) is 1.69. The summed E-state index contributed by atoms with van der Waals surface area (Å²) in [4.78, 5) is 0. The van der Waals surface area contributed by atoms with Crippen LogP contribution in [0, 0.1) is 0 Å². The van der Waals surface area contributed by atoms with Gasteiger partial charge in [0.15, 0.2) is 0 Å². The van der Waals surface area contributed by atoms with Gasteiger partial charge in [0.05, 0.1) is 0 Å². The molecule has 0 bridgehead atoms. The molecule has 0 aliphatic heterocycles. The fourth-order valence-electron chi connectivity index (χ4n) is 0.573. The second-order valence-electron chi connectivity index (χ2n) is 1.58. The predicted octanol–water partition coefficient (Wildman–Crippen LogP) is 2.62. The molecule has 38 valence electrons. The van der Waals surface area contributed by atoms with Crippen LogP contribution >= 0.6 is 15.9 Å². The van der Waals surface area contributed by atoms with Gasteiger partial charge in [-0.05, 0) is 17.3 Å². The molecule has 0 amide bonds. The molecule has 0 atom stereocenters. The molecule has 1 aliphatic rings. The summed E-state index contributed by atoms with van der Waals surface area (Å²) >= 11 is 3.40. The zero-order valence-electron chi connectivity index (χ0n) is 4.02. The molecular formula is C6H7Br. The molecule has 1 heteroatoms. The number of rotatable bonds is 0. The highest BCUT2D eigenvalue weighted by Crippen LogP contribution is 2.16. The number of halogens is 1. The summed E-state index contributed by atoms with van der Waals surface area (Å²) < 4.78 is 1.31. The van der Waals surface area contributed by atoms with Gasteiger partial charge in [-0.15, -0.1) is 0 Å². The van der Waals surface area contributed by atoms with Crippen LogP contribution in [0.25, 0.3) is 0 Å². The smallest absolute Gasteiger partial charge is 0.00464 e. The Morgan fingerprint density at radius 2 is 2.43 bits per heavy atom. The number of hydrogen-bond donors (Lipinski definition) is 0. The van der Waals surface area contributed by atoms with E-state index in [1.54, 1.807) is 0 Å². The Hall–Kier alpha value is -0.0400. The minimum Gasteiger partial charge on any atom is -0.0842 e. The lowest BCUT2D eigenvalue weighted by molar-refractivity contribution is 1.02. The molecule has 0 spiro atoms. The van der Waals surface area contributed by atoms with E-state index >= 15 is 0 Å². The molecular weight excluding hydrogens is 152 g/mol. The van der Waals surface area contributed by atoms with E-state index in [0.717, 1.165) is 0 Å². The minimum absolute atomic E-state index is 1.18. The first-order valence-corrected chi connectivity index (χ1v) is 3.20. The van der Waals surface area contributed by atoms with E-state index in [0.29, 0.717) is 0 Å². The molecule has 0 saturated carbocycles. The molecule has 0 N–H and O–H groups in total. The molecule has 0 aromatic heterocycles. The van der Waals surface area contributed by atoms with Crippen LogP contribution in [-0.4, -0.2) is 0 Å². The maximum Gasteiger partial charge on any atom is -0.00464 e. The summed E-state index contributed by atoms with van der Waals surface area (Å²) in [6, 6.07) is 0. The van der Waals surface area contributed by atoms with Crippen molar-refractivity contribution in [2.75, 3.05) is 0 Å². The fourth-order valence-corrected chi connectivity index (χ4v) is 0.955. The SMILES string of the molecule is BrC1=CC=CCC1. The summed E-state index contributed by atoms with van der Waals surface area (Å²) in [5.41, 5.74) is 0. The topological polar surface area (TPSA) is 0 Å². The van der Waals surface area contributed by atoms with E-state index in [9.17, 15) is 0 Å². The highest BCUT2D eigenvalue weighted by molar-refractivity contribution is 9.11. The Labute approximate surface area is 52.0 Å². The third-order valence-corrected chi connectivity index (χ3v) is 1.62. The lowest BCUT2D eigenvalue weighted by Gasteiger charge is -1.96. The first-order valence-electron chi connectivity index (χ1n) is 2.41. The van der Waals surface area contributed by atoms with Gasteiger partial charge >= 0.3 is 0 Å². The van der Waals surface area contributed by atoms with Crippen molar-refractivity contribution in [3.63, 3.8) is 0 Å². The van der Waals surface area contributed by atoms with Gasteiger partial charge in [0.2, 0.25) is 0 Å². The Kier molecular flexibility index (Phi) is 1.69. The fraction of sp³-hybridized carbons (Fsp3) is 0.333. The van der Waals surface area contributed by atoms with Gasteiger partial charge in [0, 0.05) is 0 Å². The summed E-state index contributed by atoms with van der Waals surface area (Å²) in [5, 5.41) is 0. The molecule has 1 aliphatic carbocycles. The van der Waals surface area contributed by atoms with Crippen molar-refractivity contribution in [2.24, 2.45) is 0 Å². The van der Waals surface area contributed by atoms with Gasteiger partial charge in [0.25, 0.3) is 0 Å². The highest BCUT2D eigenvalue weighted by atomic mass is 79.9. The quantitative estimate of drug-likeness (QED) is 0.509. The van der Waals surface area contributed by atoms with Gasteiger partial charge in [-0.3, -0.25) is 0 Å². The van der Waals surface area contributed by atoms with Crippen LogP contribution in [0.4, 0.5) is 0 Å². The van der Waals surface area contributed by atoms with Crippen LogP contribution in [-0.2, 0) is 0 Å². The molecule has 0 aromatic rings.